The van der Waals surface area contributed by atoms with Crippen molar-refractivity contribution in [1.82, 2.24) is 15.1 Å². The maximum atomic E-state index is 12.8. The molecule has 1 aliphatic carbocycles. The fraction of sp³-hybridized carbons (Fsp3) is 0.529. The fourth-order valence-corrected chi connectivity index (χ4v) is 3.60. The summed E-state index contributed by atoms with van der Waals surface area (Å²) in [7, 11) is 1.85. The minimum Gasteiger partial charge on any atom is -0.469 e. The number of hydrogen-bond acceptors (Lipinski definition) is 4. The second-order valence-corrected chi connectivity index (χ2v) is 6.38. The molecule has 0 bridgehead atoms. The highest BCUT2D eigenvalue weighted by atomic mass is 16.5. The van der Waals surface area contributed by atoms with Gasteiger partial charge in [0.1, 0.15) is 5.76 Å². The largest absolute Gasteiger partial charge is 0.469 e. The van der Waals surface area contributed by atoms with Gasteiger partial charge in [-0.2, -0.15) is 5.10 Å². The monoisotopic (exact) mass is 315 g/mol. The molecule has 4 rings (SSSR count). The standard InChI is InChI=1S/C17H21N3O3/c1-20-9-13(16(19-20)11-5-7-22-10-11)17(21)18-14-3-2-4-15-12(14)6-8-23-15/h6,8-9,11,14H,2-5,7,10H2,1H3,(H,18,21)/t11-,14-/m0/s1. The second kappa shape index (κ2) is 5.85. The summed E-state index contributed by atoms with van der Waals surface area (Å²) in [6, 6.07) is 1.99. The number of aryl methyl sites for hydroxylation is 2. The van der Waals surface area contributed by atoms with Crippen molar-refractivity contribution in [1.29, 1.82) is 0 Å². The van der Waals surface area contributed by atoms with E-state index in [0.717, 1.165) is 49.3 Å². The zero-order valence-electron chi connectivity index (χ0n) is 13.2. The first kappa shape index (κ1) is 14.5. The predicted octanol–water partition coefficient (Wildman–Crippen LogP) is 2.32. The van der Waals surface area contributed by atoms with Gasteiger partial charge in [0, 0.05) is 37.8 Å². The number of rotatable bonds is 3. The number of fused-ring (bicyclic) bond motifs is 1. The minimum absolute atomic E-state index is 0.0258. The lowest BCUT2D eigenvalue weighted by Crippen LogP contribution is -2.31. The van der Waals surface area contributed by atoms with Crippen LogP contribution in [0.4, 0.5) is 0 Å². The van der Waals surface area contributed by atoms with Gasteiger partial charge in [0.25, 0.3) is 5.91 Å². The predicted molar refractivity (Wildman–Crippen MR) is 83.2 cm³/mol. The molecule has 1 saturated heterocycles. The molecule has 122 valence electrons. The van der Waals surface area contributed by atoms with E-state index in [4.69, 9.17) is 9.15 Å². The lowest BCUT2D eigenvalue weighted by atomic mass is 9.93. The topological polar surface area (TPSA) is 69.3 Å². The van der Waals surface area contributed by atoms with E-state index in [1.807, 2.05) is 19.3 Å². The third-order valence-electron chi connectivity index (χ3n) is 4.78. The lowest BCUT2D eigenvalue weighted by molar-refractivity contribution is 0.0930. The highest BCUT2D eigenvalue weighted by molar-refractivity contribution is 5.95. The number of amides is 1. The Morgan fingerprint density at radius 1 is 1.43 bits per heavy atom. The molecule has 2 atom stereocenters. The summed E-state index contributed by atoms with van der Waals surface area (Å²) >= 11 is 0. The van der Waals surface area contributed by atoms with E-state index in [1.165, 1.54) is 0 Å². The molecule has 3 heterocycles. The van der Waals surface area contributed by atoms with Crippen molar-refractivity contribution in [3.8, 4) is 0 Å². The maximum absolute atomic E-state index is 12.8. The van der Waals surface area contributed by atoms with Crippen LogP contribution < -0.4 is 5.32 Å². The molecule has 0 aromatic carbocycles. The van der Waals surface area contributed by atoms with Gasteiger partial charge in [0.2, 0.25) is 0 Å². The van der Waals surface area contributed by atoms with Gasteiger partial charge >= 0.3 is 0 Å². The van der Waals surface area contributed by atoms with E-state index >= 15 is 0 Å². The van der Waals surface area contributed by atoms with Gasteiger partial charge in [-0.25, -0.2) is 0 Å². The van der Waals surface area contributed by atoms with Gasteiger partial charge in [0.05, 0.1) is 30.2 Å². The van der Waals surface area contributed by atoms with E-state index < -0.39 is 0 Å². The minimum atomic E-state index is -0.0564. The molecular weight excluding hydrogens is 294 g/mol. The van der Waals surface area contributed by atoms with Crippen molar-refractivity contribution in [2.24, 2.45) is 7.05 Å². The third kappa shape index (κ3) is 2.67. The van der Waals surface area contributed by atoms with Crippen LogP contribution in [-0.2, 0) is 18.2 Å². The first-order valence-corrected chi connectivity index (χ1v) is 8.21. The molecular formula is C17H21N3O3. The molecule has 6 nitrogen and oxygen atoms in total. The number of furan rings is 1. The number of nitrogens with one attached hydrogen (secondary N) is 1. The van der Waals surface area contributed by atoms with Crippen LogP contribution in [0, 0.1) is 0 Å². The summed E-state index contributed by atoms with van der Waals surface area (Å²) in [5.74, 6) is 1.16. The number of nitrogens with zero attached hydrogens (tertiary/aromatic N) is 2. The van der Waals surface area contributed by atoms with Crippen LogP contribution in [0.5, 0.6) is 0 Å². The Labute approximate surface area is 134 Å². The molecule has 0 radical (unpaired) electrons. The van der Waals surface area contributed by atoms with Gasteiger partial charge in [-0.1, -0.05) is 0 Å². The van der Waals surface area contributed by atoms with Crippen molar-refractivity contribution in [2.75, 3.05) is 13.2 Å². The molecule has 1 amide bonds. The number of carbonyl (C=O) groups is 1. The normalized spacial score (nSPS) is 23.7. The smallest absolute Gasteiger partial charge is 0.255 e. The molecule has 6 heteroatoms. The Kier molecular flexibility index (Phi) is 3.69. The zero-order valence-corrected chi connectivity index (χ0v) is 13.2. The molecule has 23 heavy (non-hydrogen) atoms. The average Bonchev–Trinajstić information content (AvgIpc) is 3.27. The van der Waals surface area contributed by atoms with Crippen LogP contribution in [0.1, 0.15) is 58.6 Å². The number of hydrogen-bond donors (Lipinski definition) is 1. The number of carbonyl (C=O) groups excluding carboxylic acids is 1. The molecule has 0 spiro atoms. The third-order valence-corrected chi connectivity index (χ3v) is 4.78. The molecule has 0 unspecified atom stereocenters. The Morgan fingerprint density at radius 3 is 3.17 bits per heavy atom. The van der Waals surface area contributed by atoms with Crippen molar-refractivity contribution < 1.29 is 13.9 Å². The molecule has 1 aliphatic heterocycles. The zero-order chi connectivity index (χ0) is 15.8. The summed E-state index contributed by atoms with van der Waals surface area (Å²) in [5.41, 5.74) is 2.63. The number of aromatic nitrogens is 2. The van der Waals surface area contributed by atoms with Gasteiger partial charge in [-0.3, -0.25) is 9.48 Å². The average molecular weight is 315 g/mol. The van der Waals surface area contributed by atoms with E-state index in [0.29, 0.717) is 12.2 Å². The Bertz CT molecular complexity index is 712. The van der Waals surface area contributed by atoms with Gasteiger partial charge in [-0.05, 0) is 25.3 Å². The van der Waals surface area contributed by atoms with Gasteiger partial charge in [-0.15, -0.1) is 0 Å². The molecule has 0 saturated carbocycles. The Hall–Kier alpha value is -2.08. The van der Waals surface area contributed by atoms with E-state index in [9.17, 15) is 4.79 Å². The molecule has 2 aliphatic rings. The van der Waals surface area contributed by atoms with Crippen LogP contribution in [-0.4, -0.2) is 28.9 Å². The van der Waals surface area contributed by atoms with Crippen LogP contribution in [0.2, 0.25) is 0 Å². The van der Waals surface area contributed by atoms with Gasteiger partial charge in [0.15, 0.2) is 0 Å². The highest BCUT2D eigenvalue weighted by Crippen LogP contribution is 2.31. The fourth-order valence-electron chi connectivity index (χ4n) is 3.60. The SMILES string of the molecule is Cn1cc(C(=O)N[C@H]2CCCc3occc32)c([C@H]2CCOC2)n1. The number of ether oxygens (including phenoxy) is 1. The maximum Gasteiger partial charge on any atom is 0.255 e. The van der Waals surface area contributed by atoms with Gasteiger partial charge < -0.3 is 14.5 Å². The lowest BCUT2D eigenvalue weighted by Gasteiger charge is -2.22. The van der Waals surface area contributed by atoms with Crippen LogP contribution in [0.3, 0.4) is 0 Å². The summed E-state index contributed by atoms with van der Waals surface area (Å²) in [6.45, 7) is 1.38. The van der Waals surface area contributed by atoms with Crippen molar-refractivity contribution >= 4 is 5.91 Å². The quantitative estimate of drug-likeness (QED) is 0.944. The van der Waals surface area contributed by atoms with Crippen LogP contribution >= 0.6 is 0 Å². The molecule has 2 aromatic heterocycles. The summed E-state index contributed by atoms with van der Waals surface area (Å²) in [6.07, 6.45) is 7.36. The van der Waals surface area contributed by atoms with Crippen LogP contribution in [0.25, 0.3) is 0 Å². The molecule has 2 aromatic rings. The molecule has 1 N–H and O–H groups in total. The first-order valence-electron chi connectivity index (χ1n) is 8.21. The first-order chi connectivity index (χ1) is 11.2. The molecule has 1 fully saturated rings. The van der Waals surface area contributed by atoms with Crippen molar-refractivity contribution in [2.45, 2.75) is 37.6 Å². The van der Waals surface area contributed by atoms with E-state index in [1.54, 1.807) is 10.9 Å². The van der Waals surface area contributed by atoms with Crippen molar-refractivity contribution in [3.63, 3.8) is 0 Å². The van der Waals surface area contributed by atoms with E-state index in [-0.39, 0.29) is 17.9 Å². The highest BCUT2D eigenvalue weighted by Gasteiger charge is 2.29. The summed E-state index contributed by atoms with van der Waals surface area (Å²) in [4.78, 5) is 12.8. The summed E-state index contributed by atoms with van der Waals surface area (Å²) < 4.78 is 12.7. The second-order valence-electron chi connectivity index (χ2n) is 6.38. The Balaban J connectivity index is 1.56. The van der Waals surface area contributed by atoms with Crippen LogP contribution in [0.15, 0.2) is 22.9 Å². The summed E-state index contributed by atoms with van der Waals surface area (Å²) in [5, 5.41) is 7.66. The van der Waals surface area contributed by atoms with Crippen molar-refractivity contribution in [3.05, 3.63) is 41.1 Å². The Morgan fingerprint density at radius 2 is 2.35 bits per heavy atom. The van der Waals surface area contributed by atoms with E-state index in [2.05, 4.69) is 10.4 Å².